The van der Waals surface area contributed by atoms with E-state index in [9.17, 15) is 0 Å². The smallest absolute Gasteiger partial charge is 0.113 e. The van der Waals surface area contributed by atoms with Crippen molar-refractivity contribution in [1.29, 1.82) is 0 Å². The summed E-state index contributed by atoms with van der Waals surface area (Å²) in [5, 5.41) is 11.2. The Kier molecular flexibility index (Phi) is 8.94. The van der Waals surface area contributed by atoms with Crippen molar-refractivity contribution < 1.29 is 0 Å². The molecule has 0 atom stereocenters. The van der Waals surface area contributed by atoms with Crippen molar-refractivity contribution in [3.63, 3.8) is 0 Å². The molecule has 0 aliphatic rings. The highest BCUT2D eigenvalue weighted by molar-refractivity contribution is 6.12. The van der Waals surface area contributed by atoms with E-state index in [1.165, 1.54) is 16.3 Å². The van der Waals surface area contributed by atoms with Crippen molar-refractivity contribution >= 4 is 67.0 Å². The Morgan fingerprint density at radius 2 is 0.885 bits per heavy atom. The van der Waals surface area contributed by atoms with Crippen molar-refractivity contribution in [1.82, 2.24) is 19.6 Å². The molecular weight excluding hydrogens is 745 g/mol. The Bertz CT molecular complexity index is 3100. The van der Waals surface area contributed by atoms with Crippen molar-refractivity contribution in [2.45, 2.75) is 6.92 Å². The number of aryl methyl sites for hydroxylation is 1. The van der Waals surface area contributed by atoms with E-state index in [0.717, 1.165) is 78.7 Å². The van der Waals surface area contributed by atoms with Gasteiger partial charge >= 0.3 is 0 Å². The second-order valence-electron chi connectivity index (χ2n) is 15.3. The van der Waals surface area contributed by atoms with Crippen LogP contribution in [0.4, 0.5) is 34.1 Å². The first-order valence-corrected chi connectivity index (χ1v) is 20.6. The van der Waals surface area contributed by atoms with Gasteiger partial charge in [0.2, 0.25) is 0 Å². The number of hydrogen-bond donors (Lipinski definition) is 0. The van der Waals surface area contributed by atoms with Crippen LogP contribution >= 0.6 is 0 Å². The minimum Gasteiger partial charge on any atom is -0.310 e. The zero-order valence-electron chi connectivity index (χ0n) is 33.5. The highest BCUT2D eigenvalue weighted by Crippen LogP contribution is 2.43. The predicted octanol–water partition coefficient (Wildman–Crippen LogP) is 14.4. The number of anilines is 6. The van der Waals surface area contributed by atoms with Gasteiger partial charge in [-0.2, -0.15) is 0 Å². The minimum atomic E-state index is 0.878. The summed E-state index contributed by atoms with van der Waals surface area (Å²) in [5.74, 6) is 0. The van der Waals surface area contributed by atoms with Crippen LogP contribution in [0.5, 0.6) is 0 Å². The zero-order valence-corrected chi connectivity index (χ0v) is 33.5. The van der Waals surface area contributed by atoms with E-state index in [2.05, 4.69) is 238 Å². The van der Waals surface area contributed by atoms with Gasteiger partial charge in [0.25, 0.3) is 0 Å². The fourth-order valence-electron chi connectivity index (χ4n) is 8.73. The third kappa shape index (κ3) is 6.47. The van der Waals surface area contributed by atoms with E-state index in [1.807, 2.05) is 22.9 Å². The molecule has 0 fully saturated rings. The highest BCUT2D eigenvalue weighted by atomic mass is 15.4. The Hall–Kier alpha value is -8.22. The summed E-state index contributed by atoms with van der Waals surface area (Å²) >= 11 is 0. The van der Waals surface area contributed by atoms with Crippen molar-refractivity contribution in [2.75, 3.05) is 9.80 Å². The lowest BCUT2D eigenvalue weighted by atomic mass is 9.99. The van der Waals surface area contributed by atoms with Crippen molar-refractivity contribution in [3.8, 4) is 22.5 Å². The number of rotatable bonds is 9. The number of para-hydroxylation sites is 5. The van der Waals surface area contributed by atoms with Crippen LogP contribution in [0.3, 0.4) is 0 Å². The van der Waals surface area contributed by atoms with Crippen LogP contribution in [0.15, 0.2) is 224 Å². The van der Waals surface area contributed by atoms with Crippen LogP contribution in [0, 0.1) is 6.92 Å². The van der Waals surface area contributed by atoms with Gasteiger partial charge in [0.05, 0.1) is 22.2 Å². The molecule has 0 N–H and O–H groups in total. The number of nitrogens with zero attached hydrogens (tertiary/aromatic N) is 6. The van der Waals surface area contributed by atoms with E-state index in [-0.39, 0.29) is 0 Å². The topological polar surface area (TPSA) is 42.1 Å². The molecule has 2 heterocycles. The molecule has 0 unspecified atom stereocenters. The van der Waals surface area contributed by atoms with Gasteiger partial charge in [0.1, 0.15) is 5.52 Å². The van der Waals surface area contributed by atoms with Gasteiger partial charge in [0.15, 0.2) is 0 Å². The molecule has 11 rings (SSSR count). The van der Waals surface area contributed by atoms with Crippen molar-refractivity contribution in [2.24, 2.45) is 0 Å². The summed E-state index contributed by atoms with van der Waals surface area (Å²) in [6, 6.07) is 79.7. The molecule has 0 aliphatic heterocycles. The Morgan fingerprint density at radius 1 is 0.377 bits per heavy atom. The van der Waals surface area contributed by atoms with Gasteiger partial charge in [-0.3, -0.25) is 0 Å². The summed E-state index contributed by atoms with van der Waals surface area (Å²) in [6.45, 7) is 2.17. The van der Waals surface area contributed by atoms with Crippen LogP contribution in [-0.2, 0) is 0 Å². The summed E-state index contributed by atoms with van der Waals surface area (Å²) in [6.07, 6.45) is 0. The van der Waals surface area contributed by atoms with Crippen LogP contribution in [0.2, 0.25) is 0 Å². The van der Waals surface area contributed by atoms with Crippen LogP contribution in [-0.4, -0.2) is 19.6 Å². The van der Waals surface area contributed by atoms with E-state index in [0.29, 0.717) is 0 Å². The second kappa shape index (κ2) is 15.2. The maximum Gasteiger partial charge on any atom is 0.113 e. The summed E-state index contributed by atoms with van der Waals surface area (Å²) in [5.41, 5.74) is 16.2. The van der Waals surface area contributed by atoms with Gasteiger partial charge in [-0.15, -0.1) is 5.10 Å². The largest absolute Gasteiger partial charge is 0.310 e. The molecule has 0 saturated heterocycles. The third-order valence-electron chi connectivity index (χ3n) is 11.5. The zero-order chi connectivity index (χ0) is 40.7. The molecule has 11 aromatic rings. The summed E-state index contributed by atoms with van der Waals surface area (Å²) in [7, 11) is 0. The summed E-state index contributed by atoms with van der Waals surface area (Å²) < 4.78 is 4.33. The van der Waals surface area contributed by atoms with Crippen molar-refractivity contribution in [3.05, 3.63) is 230 Å². The minimum absolute atomic E-state index is 0.878. The number of hydrogen-bond acceptors (Lipinski definition) is 4. The second-order valence-corrected chi connectivity index (χ2v) is 15.3. The van der Waals surface area contributed by atoms with E-state index in [1.54, 1.807) is 0 Å². The number of benzene rings is 9. The molecule has 290 valence electrons. The maximum atomic E-state index is 4.47. The monoisotopic (exact) mass is 784 g/mol. The summed E-state index contributed by atoms with van der Waals surface area (Å²) in [4.78, 5) is 4.67. The van der Waals surface area contributed by atoms with E-state index < -0.39 is 0 Å². The first kappa shape index (κ1) is 35.9. The van der Waals surface area contributed by atoms with Gasteiger partial charge in [-0.25, -0.2) is 4.68 Å². The Morgan fingerprint density at radius 3 is 1.41 bits per heavy atom. The number of fused-ring (bicyclic) bond motifs is 4. The molecule has 0 bridgehead atoms. The first-order valence-electron chi connectivity index (χ1n) is 20.6. The molecule has 6 nitrogen and oxygen atoms in total. The van der Waals surface area contributed by atoms with Crippen LogP contribution < -0.4 is 9.80 Å². The van der Waals surface area contributed by atoms with Gasteiger partial charge in [-0.1, -0.05) is 108 Å². The lowest BCUT2D eigenvalue weighted by Gasteiger charge is -2.26. The average molecular weight is 785 g/mol. The lowest BCUT2D eigenvalue weighted by molar-refractivity contribution is 0.823. The SMILES string of the molecule is Cc1cc(-n2nnc3ccccc32)ccc1-c1cccc(-n2c3ccc(N(c4ccccc4)c4ccccc4)cc3c3cc(N(c4ccccc4)c4ccccc4)ccc32)c1. The maximum absolute atomic E-state index is 4.47. The molecular formula is C55H40N6. The predicted molar refractivity (Wildman–Crippen MR) is 253 cm³/mol. The van der Waals surface area contributed by atoms with Crippen LogP contribution in [0.25, 0.3) is 55.3 Å². The highest BCUT2D eigenvalue weighted by Gasteiger charge is 2.20. The molecule has 2 aromatic heterocycles. The molecule has 0 radical (unpaired) electrons. The molecule has 0 amide bonds. The molecule has 6 heteroatoms. The average Bonchev–Trinajstić information content (AvgIpc) is 3.90. The van der Waals surface area contributed by atoms with Gasteiger partial charge < -0.3 is 14.4 Å². The van der Waals surface area contributed by atoms with Gasteiger partial charge in [-0.05, 0) is 145 Å². The molecule has 9 aromatic carbocycles. The third-order valence-corrected chi connectivity index (χ3v) is 11.5. The van der Waals surface area contributed by atoms with Gasteiger partial charge in [0, 0.05) is 50.6 Å². The normalized spacial score (nSPS) is 11.4. The Balaban J connectivity index is 1.10. The quantitative estimate of drug-likeness (QED) is 0.146. The van der Waals surface area contributed by atoms with Crippen LogP contribution in [0.1, 0.15) is 5.56 Å². The standard InChI is InChI=1S/C55H40N6/c1-39-35-48(61-55-28-15-14-27-52(55)56-57-61)29-32-49(39)40-17-16-26-45(36-40)60-53-33-30-46(58(41-18-6-2-7-19-41)42-20-8-3-9-21-42)37-50(53)51-38-47(31-34-54(51)60)59(43-22-10-4-11-23-43)44-24-12-5-13-25-44/h2-38H,1H3. The Labute approximate surface area is 354 Å². The fourth-order valence-corrected chi connectivity index (χ4v) is 8.73. The molecule has 0 aliphatic carbocycles. The van der Waals surface area contributed by atoms with E-state index in [4.69, 9.17) is 0 Å². The molecule has 0 saturated carbocycles. The fraction of sp³-hybridized carbons (Fsp3) is 0.0182. The number of aromatic nitrogens is 4. The lowest BCUT2D eigenvalue weighted by Crippen LogP contribution is -2.09. The molecule has 61 heavy (non-hydrogen) atoms. The molecule has 0 spiro atoms. The van der Waals surface area contributed by atoms with E-state index >= 15 is 0 Å². The first-order chi connectivity index (χ1) is 30.2.